The highest BCUT2D eigenvalue weighted by atomic mass is 16.3. The highest BCUT2D eigenvalue weighted by Gasteiger charge is 2.08. The van der Waals surface area contributed by atoms with Crippen LogP contribution in [0.25, 0.3) is 0 Å². The van der Waals surface area contributed by atoms with Crippen LogP contribution < -0.4 is 5.73 Å². The van der Waals surface area contributed by atoms with Crippen molar-refractivity contribution in [1.29, 1.82) is 0 Å². The van der Waals surface area contributed by atoms with Crippen LogP contribution in [0.4, 0.5) is 0 Å². The number of ketones is 1. The smallest absolute Gasteiger partial charge is 0.141 e. The second-order valence-electron chi connectivity index (χ2n) is 4.00. The van der Waals surface area contributed by atoms with Crippen LogP contribution in [0.1, 0.15) is 16.7 Å². The van der Waals surface area contributed by atoms with Crippen molar-refractivity contribution in [3.63, 3.8) is 0 Å². The molecule has 0 saturated heterocycles. The fraction of sp³-hybridized carbons (Fsp3) is 0.214. The lowest BCUT2D eigenvalue weighted by molar-refractivity contribution is -0.117. The van der Waals surface area contributed by atoms with E-state index in [-0.39, 0.29) is 5.78 Å². The van der Waals surface area contributed by atoms with Gasteiger partial charge in [0, 0.05) is 19.4 Å². The van der Waals surface area contributed by atoms with Crippen molar-refractivity contribution in [2.75, 3.05) is 0 Å². The molecule has 17 heavy (non-hydrogen) atoms. The minimum Gasteiger partial charge on any atom is -0.472 e. The summed E-state index contributed by atoms with van der Waals surface area (Å²) in [4.78, 5) is 11.9. The van der Waals surface area contributed by atoms with E-state index in [9.17, 15) is 4.79 Å². The maximum absolute atomic E-state index is 11.9. The van der Waals surface area contributed by atoms with Crippen LogP contribution in [0, 0.1) is 0 Å². The molecule has 1 heterocycles. The fourth-order valence-electron chi connectivity index (χ4n) is 1.82. The van der Waals surface area contributed by atoms with Crippen LogP contribution in [0.3, 0.4) is 0 Å². The van der Waals surface area contributed by atoms with Crippen molar-refractivity contribution in [3.05, 3.63) is 59.5 Å². The van der Waals surface area contributed by atoms with E-state index in [0.717, 1.165) is 16.7 Å². The summed E-state index contributed by atoms with van der Waals surface area (Å²) < 4.78 is 4.94. The van der Waals surface area contributed by atoms with Crippen molar-refractivity contribution < 1.29 is 9.21 Å². The Labute approximate surface area is 100 Å². The number of nitrogens with two attached hydrogens (primary N) is 1. The van der Waals surface area contributed by atoms with Gasteiger partial charge in [0.05, 0.1) is 12.5 Å². The van der Waals surface area contributed by atoms with Crippen LogP contribution in [0.5, 0.6) is 0 Å². The van der Waals surface area contributed by atoms with Gasteiger partial charge in [-0.3, -0.25) is 4.79 Å². The highest BCUT2D eigenvalue weighted by molar-refractivity contribution is 5.83. The Morgan fingerprint density at radius 3 is 2.53 bits per heavy atom. The van der Waals surface area contributed by atoms with Crippen LogP contribution in [-0.4, -0.2) is 5.78 Å². The molecule has 1 aromatic carbocycles. The molecule has 2 rings (SSSR count). The second-order valence-corrected chi connectivity index (χ2v) is 4.00. The molecule has 0 radical (unpaired) electrons. The van der Waals surface area contributed by atoms with Gasteiger partial charge in [-0.15, -0.1) is 0 Å². The van der Waals surface area contributed by atoms with Gasteiger partial charge in [0.2, 0.25) is 0 Å². The van der Waals surface area contributed by atoms with Gasteiger partial charge in [-0.1, -0.05) is 24.3 Å². The number of carbonyl (C=O) groups excluding carboxylic acids is 1. The second kappa shape index (κ2) is 5.46. The van der Waals surface area contributed by atoms with Crippen LogP contribution in [-0.2, 0) is 24.2 Å². The lowest BCUT2D eigenvalue weighted by Gasteiger charge is -2.06. The van der Waals surface area contributed by atoms with E-state index >= 15 is 0 Å². The molecule has 3 nitrogen and oxygen atoms in total. The van der Waals surface area contributed by atoms with Gasteiger partial charge in [0.15, 0.2) is 0 Å². The molecule has 88 valence electrons. The lowest BCUT2D eigenvalue weighted by atomic mass is 10.00. The van der Waals surface area contributed by atoms with Gasteiger partial charge in [0.25, 0.3) is 0 Å². The molecule has 3 heteroatoms. The summed E-state index contributed by atoms with van der Waals surface area (Å²) in [6, 6.07) is 9.59. The molecule has 0 aliphatic heterocycles. The molecule has 0 atom stereocenters. The first-order valence-electron chi connectivity index (χ1n) is 5.59. The molecule has 1 aromatic heterocycles. The minimum absolute atomic E-state index is 0.173. The summed E-state index contributed by atoms with van der Waals surface area (Å²) in [6.45, 7) is 0.467. The predicted molar refractivity (Wildman–Crippen MR) is 65.5 cm³/mol. The standard InChI is InChI=1S/C14H15NO2/c15-9-13-4-2-1-3-12(13)8-14(16)7-11-5-6-17-10-11/h1-6,10H,7-9,15H2. The van der Waals surface area contributed by atoms with Gasteiger partial charge in [-0.2, -0.15) is 0 Å². The summed E-state index contributed by atoms with van der Waals surface area (Å²) >= 11 is 0. The quantitative estimate of drug-likeness (QED) is 0.854. The Hall–Kier alpha value is -1.87. The van der Waals surface area contributed by atoms with Gasteiger partial charge in [0.1, 0.15) is 5.78 Å². The number of furan rings is 1. The number of benzene rings is 1. The first-order chi connectivity index (χ1) is 8.29. The molecule has 0 bridgehead atoms. The zero-order chi connectivity index (χ0) is 12.1. The van der Waals surface area contributed by atoms with Crippen LogP contribution in [0.2, 0.25) is 0 Å². The summed E-state index contributed by atoms with van der Waals surface area (Å²) in [5.74, 6) is 0.173. The molecular weight excluding hydrogens is 214 g/mol. The van der Waals surface area contributed by atoms with Crippen molar-refractivity contribution in [2.45, 2.75) is 19.4 Å². The largest absolute Gasteiger partial charge is 0.472 e. The van der Waals surface area contributed by atoms with Crippen LogP contribution in [0.15, 0.2) is 47.3 Å². The summed E-state index contributed by atoms with van der Waals surface area (Å²) in [5.41, 5.74) is 8.61. The number of carbonyl (C=O) groups is 1. The normalized spacial score (nSPS) is 10.4. The number of hydrogen-bond donors (Lipinski definition) is 1. The minimum atomic E-state index is 0.173. The Kier molecular flexibility index (Phi) is 3.73. The average Bonchev–Trinajstić information content (AvgIpc) is 2.82. The summed E-state index contributed by atoms with van der Waals surface area (Å²) in [5, 5.41) is 0. The van der Waals surface area contributed by atoms with Crippen LogP contribution >= 0.6 is 0 Å². The van der Waals surface area contributed by atoms with E-state index < -0.39 is 0 Å². The molecule has 0 spiro atoms. The van der Waals surface area contributed by atoms with Crippen molar-refractivity contribution in [1.82, 2.24) is 0 Å². The first-order valence-corrected chi connectivity index (χ1v) is 5.59. The summed E-state index contributed by atoms with van der Waals surface area (Å²) in [7, 11) is 0. The zero-order valence-corrected chi connectivity index (χ0v) is 9.56. The fourth-order valence-corrected chi connectivity index (χ4v) is 1.82. The first kappa shape index (κ1) is 11.6. The summed E-state index contributed by atoms with van der Waals surface area (Å²) in [6.07, 6.45) is 4.02. The van der Waals surface area contributed by atoms with E-state index in [4.69, 9.17) is 10.2 Å². The molecule has 0 saturated carbocycles. The third kappa shape index (κ3) is 3.04. The third-order valence-corrected chi connectivity index (χ3v) is 2.71. The van der Waals surface area contributed by atoms with E-state index in [1.54, 1.807) is 12.5 Å². The molecule has 0 aliphatic rings. The van der Waals surface area contributed by atoms with Gasteiger partial charge in [-0.05, 0) is 22.8 Å². The zero-order valence-electron chi connectivity index (χ0n) is 9.56. The number of Topliss-reactive ketones (excluding diaryl/α,β-unsaturated/α-hetero) is 1. The van der Waals surface area contributed by atoms with Crippen molar-refractivity contribution in [3.8, 4) is 0 Å². The van der Waals surface area contributed by atoms with E-state index in [2.05, 4.69) is 0 Å². The molecule has 0 fully saturated rings. The SMILES string of the molecule is NCc1ccccc1CC(=O)Cc1ccoc1. The highest BCUT2D eigenvalue weighted by Crippen LogP contribution is 2.11. The Morgan fingerprint density at radius 2 is 1.88 bits per heavy atom. The monoisotopic (exact) mass is 229 g/mol. The van der Waals surface area contributed by atoms with Crippen molar-refractivity contribution >= 4 is 5.78 Å². The molecule has 2 aromatic rings. The van der Waals surface area contributed by atoms with Gasteiger partial charge < -0.3 is 10.2 Å². The van der Waals surface area contributed by atoms with E-state index in [1.165, 1.54) is 0 Å². The number of hydrogen-bond acceptors (Lipinski definition) is 3. The maximum atomic E-state index is 11.9. The van der Waals surface area contributed by atoms with E-state index in [1.807, 2.05) is 30.3 Å². The molecule has 0 amide bonds. The predicted octanol–water partition coefficient (Wildman–Crippen LogP) is 2.09. The van der Waals surface area contributed by atoms with E-state index in [0.29, 0.717) is 19.4 Å². The third-order valence-electron chi connectivity index (χ3n) is 2.71. The Morgan fingerprint density at radius 1 is 1.12 bits per heavy atom. The molecule has 0 unspecified atom stereocenters. The molecular formula is C14H15NO2. The number of rotatable bonds is 5. The molecule has 2 N–H and O–H groups in total. The van der Waals surface area contributed by atoms with Gasteiger partial charge in [-0.25, -0.2) is 0 Å². The topological polar surface area (TPSA) is 56.2 Å². The molecule has 0 aliphatic carbocycles. The maximum Gasteiger partial charge on any atom is 0.141 e. The average molecular weight is 229 g/mol. The van der Waals surface area contributed by atoms with Gasteiger partial charge >= 0.3 is 0 Å². The van der Waals surface area contributed by atoms with Crippen molar-refractivity contribution in [2.24, 2.45) is 5.73 Å². The Bertz CT molecular complexity index is 489. The lowest BCUT2D eigenvalue weighted by Crippen LogP contribution is -2.09. The Balaban J connectivity index is 2.03.